The molecule has 0 spiro atoms. The summed E-state index contributed by atoms with van der Waals surface area (Å²) in [6.45, 7) is 3.66. The first-order chi connectivity index (χ1) is 10.1. The quantitative estimate of drug-likeness (QED) is 0.883. The maximum absolute atomic E-state index is 10.9. The molecule has 1 N–H and O–H groups in total. The van der Waals surface area contributed by atoms with Gasteiger partial charge in [0.15, 0.2) is 0 Å². The van der Waals surface area contributed by atoms with Gasteiger partial charge in [-0.2, -0.15) is 0 Å². The molecule has 110 valence electrons. The molecule has 21 heavy (non-hydrogen) atoms. The minimum absolute atomic E-state index is 0.0108. The third-order valence-electron chi connectivity index (χ3n) is 3.93. The SMILES string of the molecule is Cc1ccccc1CN(Cc1ccc(C(=O)O)o1)C1CC1. The fourth-order valence-electron chi connectivity index (χ4n) is 2.54. The summed E-state index contributed by atoms with van der Waals surface area (Å²) < 4.78 is 5.38. The topological polar surface area (TPSA) is 53.7 Å². The molecule has 0 unspecified atom stereocenters. The number of carbonyl (C=O) groups is 1. The molecule has 1 aliphatic carbocycles. The van der Waals surface area contributed by atoms with Crippen LogP contribution in [0.5, 0.6) is 0 Å². The number of carboxylic acid groups (broad SMARTS) is 1. The molecule has 2 aromatic rings. The summed E-state index contributed by atoms with van der Waals surface area (Å²) in [6.07, 6.45) is 2.41. The van der Waals surface area contributed by atoms with E-state index in [1.165, 1.54) is 30.0 Å². The van der Waals surface area contributed by atoms with Gasteiger partial charge in [0.25, 0.3) is 0 Å². The van der Waals surface area contributed by atoms with Gasteiger partial charge in [-0.1, -0.05) is 24.3 Å². The fourth-order valence-corrected chi connectivity index (χ4v) is 2.54. The number of benzene rings is 1. The van der Waals surface area contributed by atoms with Crippen LogP contribution in [0.4, 0.5) is 0 Å². The average molecular weight is 285 g/mol. The highest BCUT2D eigenvalue weighted by Crippen LogP contribution is 2.30. The maximum atomic E-state index is 10.9. The van der Waals surface area contributed by atoms with Crippen LogP contribution in [0.2, 0.25) is 0 Å². The zero-order valence-corrected chi connectivity index (χ0v) is 12.1. The van der Waals surface area contributed by atoms with Crippen molar-refractivity contribution >= 4 is 5.97 Å². The summed E-state index contributed by atoms with van der Waals surface area (Å²) in [5.41, 5.74) is 2.60. The zero-order chi connectivity index (χ0) is 14.8. The van der Waals surface area contributed by atoms with Gasteiger partial charge < -0.3 is 9.52 Å². The predicted molar refractivity (Wildman–Crippen MR) is 79.1 cm³/mol. The van der Waals surface area contributed by atoms with Gasteiger partial charge in [-0.05, 0) is 43.0 Å². The summed E-state index contributed by atoms with van der Waals surface area (Å²) >= 11 is 0. The van der Waals surface area contributed by atoms with E-state index in [4.69, 9.17) is 9.52 Å². The van der Waals surface area contributed by atoms with E-state index in [1.54, 1.807) is 6.07 Å². The Labute approximate surface area is 124 Å². The molecular formula is C17H19NO3. The van der Waals surface area contributed by atoms with Crippen molar-refractivity contribution in [3.63, 3.8) is 0 Å². The minimum atomic E-state index is -1.02. The van der Waals surface area contributed by atoms with E-state index in [9.17, 15) is 4.79 Å². The lowest BCUT2D eigenvalue weighted by Crippen LogP contribution is -2.25. The van der Waals surface area contributed by atoms with E-state index in [0.717, 1.165) is 6.54 Å². The van der Waals surface area contributed by atoms with Gasteiger partial charge in [0.05, 0.1) is 6.54 Å². The molecule has 0 atom stereocenters. The van der Waals surface area contributed by atoms with Crippen LogP contribution in [-0.2, 0) is 13.1 Å². The second kappa shape index (κ2) is 5.74. The lowest BCUT2D eigenvalue weighted by molar-refractivity contribution is 0.0658. The Morgan fingerprint density at radius 3 is 2.62 bits per heavy atom. The van der Waals surface area contributed by atoms with Gasteiger partial charge in [-0.3, -0.25) is 4.90 Å². The molecule has 4 nitrogen and oxygen atoms in total. The summed E-state index contributed by atoms with van der Waals surface area (Å²) in [5, 5.41) is 8.92. The van der Waals surface area contributed by atoms with Crippen LogP contribution >= 0.6 is 0 Å². The standard InChI is InChI=1S/C17H19NO3/c1-12-4-2-3-5-13(12)10-18(14-6-7-14)11-15-8-9-16(21-15)17(19)20/h2-5,8-9,14H,6-7,10-11H2,1H3,(H,19,20). The van der Waals surface area contributed by atoms with Crippen molar-refractivity contribution < 1.29 is 14.3 Å². The predicted octanol–water partition coefficient (Wildman–Crippen LogP) is 3.45. The van der Waals surface area contributed by atoms with E-state index in [2.05, 4.69) is 30.0 Å². The van der Waals surface area contributed by atoms with Gasteiger partial charge in [-0.15, -0.1) is 0 Å². The molecule has 0 amide bonds. The highest BCUT2D eigenvalue weighted by atomic mass is 16.4. The Kier molecular flexibility index (Phi) is 3.80. The van der Waals surface area contributed by atoms with Gasteiger partial charge in [-0.25, -0.2) is 4.79 Å². The van der Waals surface area contributed by atoms with Crippen LogP contribution in [0.3, 0.4) is 0 Å². The smallest absolute Gasteiger partial charge is 0.371 e. The van der Waals surface area contributed by atoms with Gasteiger partial charge in [0.1, 0.15) is 5.76 Å². The Morgan fingerprint density at radius 1 is 1.24 bits per heavy atom. The van der Waals surface area contributed by atoms with Crippen molar-refractivity contribution in [1.29, 1.82) is 0 Å². The number of rotatable bonds is 6. The molecule has 1 saturated carbocycles. The molecule has 0 bridgehead atoms. The third-order valence-corrected chi connectivity index (χ3v) is 3.93. The Bertz CT molecular complexity index is 643. The zero-order valence-electron chi connectivity index (χ0n) is 12.1. The second-order valence-corrected chi connectivity index (χ2v) is 5.63. The van der Waals surface area contributed by atoms with Crippen molar-refractivity contribution in [2.45, 2.75) is 38.9 Å². The van der Waals surface area contributed by atoms with Crippen LogP contribution in [0.1, 0.15) is 40.3 Å². The summed E-state index contributed by atoms with van der Waals surface area (Å²) in [6, 6.07) is 12.2. The Morgan fingerprint density at radius 2 is 2.00 bits per heavy atom. The Hall–Kier alpha value is -2.07. The van der Waals surface area contributed by atoms with Crippen LogP contribution in [-0.4, -0.2) is 22.0 Å². The maximum Gasteiger partial charge on any atom is 0.371 e. The number of furan rings is 1. The van der Waals surface area contributed by atoms with E-state index in [1.807, 2.05) is 6.07 Å². The highest BCUT2D eigenvalue weighted by molar-refractivity contribution is 5.84. The first kappa shape index (κ1) is 13.9. The molecule has 1 aromatic carbocycles. The molecule has 1 fully saturated rings. The normalized spacial score (nSPS) is 14.6. The molecule has 0 saturated heterocycles. The van der Waals surface area contributed by atoms with Crippen LogP contribution < -0.4 is 0 Å². The van der Waals surface area contributed by atoms with Crippen molar-refractivity contribution in [3.05, 3.63) is 59.0 Å². The Balaban J connectivity index is 1.73. The molecule has 1 heterocycles. The minimum Gasteiger partial charge on any atom is -0.475 e. The van der Waals surface area contributed by atoms with Gasteiger partial charge in [0, 0.05) is 12.6 Å². The molecule has 1 aliphatic rings. The first-order valence-electron chi connectivity index (χ1n) is 7.24. The van der Waals surface area contributed by atoms with E-state index in [-0.39, 0.29) is 5.76 Å². The van der Waals surface area contributed by atoms with Crippen LogP contribution in [0.25, 0.3) is 0 Å². The second-order valence-electron chi connectivity index (χ2n) is 5.63. The fraction of sp³-hybridized carbons (Fsp3) is 0.353. The molecule has 3 rings (SSSR count). The number of aromatic carboxylic acids is 1. The molecular weight excluding hydrogens is 266 g/mol. The number of hydrogen-bond donors (Lipinski definition) is 1. The summed E-state index contributed by atoms with van der Waals surface area (Å²) in [4.78, 5) is 13.2. The van der Waals surface area contributed by atoms with Crippen molar-refractivity contribution in [2.24, 2.45) is 0 Å². The lowest BCUT2D eigenvalue weighted by Gasteiger charge is -2.21. The van der Waals surface area contributed by atoms with Gasteiger partial charge in [0.2, 0.25) is 5.76 Å². The van der Waals surface area contributed by atoms with Gasteiger partial charge >= 0.3 is 5.97 Å². The summed E-state index contributed by atoms with van der Waals surface area (Å²) in [5.74, 6) is -0.289. The molecule has 1 aromatic heterocycles. The molecule has 4 heteroatoms. The lowest BCUT2D eigenvalue weighted by atomic mass is 10.1. The number of nitrogens with zero attached hydrogens (tertiary/aromatic N) is 1. The molecule has 0 aliphatic heterocycles. The highest BCUT2D eigenvalue weighted by Gasteiger charge is 2.30. The number of hydrogen-bond acceptors (Lipinski definition) is 3. The number of carboxylic acids is 1. The largest absolute Gasteiger partial charge is 0.475 e. The summed E-state index contributed by atoms with van der Waals surface area (Å²) in [7, 11) is 0. The number of aryl methyl sites for hydroxylation is 1. The third kappa shape index (κ3) is 3.34. The van der Waals surface area contributed by atoms with Crippen molar-refractivity contribution in [3.8, 4) is 0 Å². The van der Waals surface area contributed by atoms with E-state index < -0.39 is 5.97 Å². The molecule has 0 radical (unpaired) electrons. The van der Waals surface area contributed by atoms with Crippen LogP contribution in [0, 0.1) is 6.92 Å². The van der Waals surface area contributed by atoms with Crippen molar-refractivity contribution in [1.82, 2.24) is 4.90 Å². The monoisotopic (exact) mass is 285 g/mol. The van der Waals surface area contributed by atoms with E-state index >= 15 is 0 Å². The average Bonchev–Trinajstić information content (AvgIpc) is 3.20. The van der Waals surface area contributed by atoms with E-state index in [0.29, 0.717) is 18.3 Å². The first-order valence-corrected chi connectivity index (χ1v) is 7.24. The van der Waals surface area contributed by atoms with Crippen LogP contribution in [0.15, 0.2) is 40.8 Å². The van der Waals surface area contributed by atoms with Crippen molar-refractivity contribution in [2.75, 3.05) is 0 Å².